The highest BCUT2D eigenvalue weighted by Crippen LogP contribution is 2.25. The number of hydrogen-bond acceptors (Lipinski definition) is 4. The van der Waals surface area contributed by atoms with Crippen LogP contribution in [0.1, 0.15) is 21.7 Å². The largest absolute Gasteiger partial charge is 0.436 e. The van der Waals surface area contributed by atoms with Gasteiger partial charge in [-0.25, -0.2) is 9.37 Å². The van der Waals surface area contributed by atoms with Gasteiger partial charge < -0.3 is 9.73 Å². The van der Waals surface area contributed by atoms with Crippen molar-refractivity contribution in [2.24, 2.45) is 7.05 Å². The molecule has 0 aliphatic carbocycles. The van der Waals surface area contributed by atoms with Gasteiger partial charge in [-0.2, -0.15) is 5.10 Å². The Labute approximate surface area is 154 Å². The van der Waals surface area contributed by atoms with Gasteiger partial charge in [0.1, 0.15) is 11.3 Å². The van der Waals surface area contributed by atoms with Gasteiger partial charge in [0, 0.05) is 23.9 Å². The molecule has 0 saturated heterocycles. The number of carbonyl (C=O) groups excluding carboxylic acids is 1. The molecule has 1 N–H and O–H groups in total. The fraction of sp³-hybridized carbons (Fsp3) is 0.150. The molecular formula is C20H17FN4O2. The molecular weight excluding hydrogens is 347 g/mol. The standard InChI is InChI=1S/C20H17FN4O2/c1-12-8-16(24-25(12)2)11-22-19(26)13-6-7-18-17(10-13)23-20(27-18)14-4-3-5-15(21)9-14/h3-10H,11H2,1-2H3,(H,22,26). The molecule has 1 amide bonds. The van der Waals surface area contributed by atoms with Crippen LogP contribution in [0.15, 0.2) is 52.9 Å². The van der Waals surface area contributed by atoms with Crippen molar-refractivity contribution >= 4 is 17.0 Å². The molecule has 27 heavy (non-hydrogen) atoms. The second kappa shape index (κ2) is 6.68. The summed E-state index contributed by atoms with van der Waals surface area (Å²) in [4.78, 5) is 16.8. The van der Waals surface area contributed by atoms with Crippen molar-refractivity contribution < 1.29 is 13.6 Å². The van der Waals surface area contributed by atoms with E-state index in [2.05, 4.69) is 15.4 Å². The second-order valence-electron chi connectivity index (χ2n) is 6.30. The first-order chi connectivity index (χ1) is 13.0. The van der Waals surface area contributed by atoms with Crippen LogP contribution < -0.4 is 5.32 Å². The molecule has 0 atom stereocenters. The third-order valence-corrected chi connectivity index (χ3v) is 4.32. The monoisotopic (exact) mass is 364 g/mol. The fourth-order valence-corrected chi connectivity index (χ4v) is 2.81. The number of carbonyl (C=O) groups is 1. The molecule has 2 aromatic heterocycles. The zero-order valence-electron chi connectivity index (χ0n) is 14.9. The van der Waals surface area contributed by atoms with E-state index in [0.717, 1.165) is 11.4 Å². The van der Waals surface area contributed by atoms with Crippen molar-refractivity contribution in [3.8, 4) is 11.5 Å². The lowest BCUT2D eigenvalue weighted by molar-refractivity contribution is 0.0950. The minimum atomic E-state index is -0.361. The minimum absolute atomic E-state index is 0.226. The van der Waals surface area contributed by atoms with Crippen LogP contribution in [0.3, 0.4) is 0 Å². The molecule has 0 spiro atoms. The van der Waals surface area contributed by atoms with E-state index in [0.29, 0.717) is 34.7 Å². The summed E-state index contributed by atoms with van der Waals surface area (Å²) in [6.45, 7) is 2.29. The van der Waals surface area contributed by atoms with E-state index in [1.54, 1.807) is 35.0 Å². The summed E-state index contributed by atoms with van der Waals surface area (Å²) in [6, 6.07) is 13.0. The average Bonchev–Trinajstić information content (AvgIpc) is 3.22. The third kappa shape index (κ3) is 3.44. The minimum Gasteiger partial charge on any atom is -0.436 e. The number of oxazole rings is 1. The van der Waals surface area contributed by atoms with Crippen molar-refractivity contribution in [3.63, 3.8) is 0 Å². The SMILES string of the molecule is Cc1cc(CNC(=O)c2ccc3oc(-c4cccc(F)c4)nc3c2)nn1C. The van der Waals surface area contributed by atoms with E-state index in [-0.39, 0.29) is 11.7 Å². The Morgan fingerprint density at radius 1 is 1.22 bits per heavy atom. The number of aromatic nitrogens is 3. The Hall–Kier alpha value is -3.48. The lowest BCUT2D eigenvalue weighted by Gasteiger charge is -2.02. The maximum atomic E-state index is 13.4. The number of benzene rings is 2. The Balaban J connectivity index is 1.54. The highest BCUT2D eigenvalue weighted by atomic mass is 19.1. The molecule has 4 aromatic rings. The molecule has 0 radical (unpaired) electrons. The first-order valence-corrected chi connectivity index (χ1v) is 8.44. The van der Waals surface area contributed by atoms with Gasteiger partial charge in [0.15, 0.2) is 5.58 Å². The lowest BCUT2D eigenvalue weighted by atomic mass is 10.2. The number of fused-ring (bicyclic) bond motifs is 1. The smallest absolute Gasteiger partial charge is 0.251 e. The first kappa shape index (κ1) is 17.0. The summed E-state index contributed by atoms with van der Waals surface area (Å²) >= 11 is 0. The molecule has 2 heterocycles. The van der Waals surface area contributed by atoms with E-state index in [9.17, 15) is 9.18 Å². The van der Waals surface area contributed by atoms with Crippen LogP contribution in [0.2, 0.25) is 0 Å². The van der Waals surface area contributed by atoms with E-state index in [1.807, 2.05) is 20.0 Å². The quantitative estimate of drug-likeness (QED) is 0.600. The van der Waals surface area contributed by atoms with E-state index >= 15 is 0 Å². The predicted octanol–water partition coefficient (Wildman–Crippen LogP) is 3.61. The van der Waals surface area contributed by atoms with Crippen LogP contribution in [0, 0.1) is 12.7 Å². The number of aryl methyl sites for hydroxylation is 2. The van der Waals surface area contributed by atoms with Gasteiger partial charge in [0.05, 0.1) is 12.2 Å². The molecule has 0 bridgehead atoms. The maximum absolute atomic E-state index is 13.4. The Kier molecular flexibility index (Phi) is 4.19. The van der Waals surface area contributed by atoms with Crippen LogP contribution in [-0.4, -0.2) is 20.7 Å². The zero-order chi connectivity index (χ0) is 19.0. The highest BCUT2D eigenvalue weighted by Gasteiger charge is 2.13. The van der Waals surface area contributed by atoms with Gasteiger partial charge in [-0.05, 0) is 49.4 Å². The van der Waals surface area contributed by atoms with Gasteiger partial charge >= 0.3 is 0 Å². The van der Waals surface area contributed by atoms with Crippen LogP contribution in [-0.2, 0) is 13.6 Å². The summed E-state index contributed by atoms with van der Waals surface area (Å²) < 4.78 is 20.8. The molecule has 0 saturated carbocycles. The van der Waals surface area contributed by atoms with Crippen molar-refractivity contribution in [2.75, 3.05) is 0 Å². The summed E-state index contributed by atoms with van der Waals surface area (Å²) in [6.07, 6.45) is 0. The number of rotatable bonds is 4. The molecule has 4 rings (SSSR count). The predicted molar refractivity (Wildman–Crippen MR) is 98.5 cm³/mol. The fourth-order valence-electron chi connectivity index (χ4n) is 2.81. The van der Waals surface area contributed by atoms with Crippen LogP contribution in [0.5, 0.6) is 0 Å². The average molecular weight is 364 g/mol. The molecule has 136 valence electrons. The Morgan fingerprint density at radius 3 is 2.81 bits per heavy atom. The molecule has 6 nitrogen and oxygen atoms in total. The molecule has 7 heteroatoms. The van der Waals surface area contributed by atoms with E-state index in [1.165, 1.54) is 12.1 Å². The van der Waals surface area contributed by atoms with Gasteiger partial charge in [-0.1, -0.05) is 6.07 Å². The van der Waals surface area contributed by atoms with Crippen molar-refractivity contribution in [1.29, 1.82) is 0 Å². The molecule has 0 aliphatic heterocycles. The molecule has 0 aliphatic rings. The third-order valence-electron chi connectivity index (χ3n) is 4.32. The number of nitrogens with zero attached hydrogens (tertiary/aromatic N) is 3. The lowest BCUT2D eigenvalue weighted by Crippen LogP contribution is -2.23. The van der Waals surface area contributed by atoms with E-state index in [4.69, 9.17) is 4.42 Å². The molecule has 0 unspecified atom stereocenters. The van der Waals surface area contributed by atoms with Crippen molar-refractivity contribution in [1.82, 2.24) is 20.1 Å². The number of amides is 1. The van der Waals surface area contributed by atoms with E-state index < -0.39 is 0 Å². The number of hydrogen-bond donors (Lipinski definition) is 1. The summed E-state index contributed by atoms with van der Waals surface area (Å²) in [5, 5.41) is 7.16. The zero-order valence-corrected chi connectivity index (χ0v) is 14.9. The van der Waals surface area contributed by atoms with Crippen LogP contribution in [0.25, 0.3) is 22.6 Å². The Morgan fingerprint density at radius 2 is 2.07 bits per heavy atom. The summed E-state index contributed by atoms with van der Waals surface area (Å²) in [5.74, 6) is -0.277. The maximum Gasteiger partial charge on any atom is 0.251 e. The van der Waals surface area contributed by atoms with Crippen molar-refractivity contribution in [2.45, 2.75) is 13.5 Å². The summed E-state index contributed by atoms with van der Waals surface area (Å²) in [5.41, 5.74) is 3.89. The number of nitrogens with one attached hydrogen (secondary N) is 1. The van der Waals surface area contributed by atoms with Crippen molar-refractivity contribution in [3.05, 3.63) is 71.3 Å². The van der Waals surface area contributed by atoms with Gasteiger partial charge in [-0.15, -0.1) is 0 Å². The molecule has 0 fully saturated rings. The van der Waals surface area contributed by atoms with Gasteiger partial charge in [0.2, 0.25) is 5.89 Å². The van der Waals surface area contributed by atoms with Gasteiger partial charge in [-0.3, -0.25) is 9.48 Å². The first-order valence-electron chi connectivity index (χ1n) is 8.44. The number of halogens is 1. The topological polar surface area (TPSA) is 73.0 Å². The Bertz CT molecular complexity index is 1130. The van der Waals surface area contributed by atoms with Gasteiger partial charge in [0.25, 0.3) is 5.91 Å². The normalized spacial score (nSPS) is 11.1. The van der Waals surface area contributed by atoms with Crippen LogP contribution >= 0.6 is 0 Å². The highest BCUT2D eigenvalue weighted by molar-refractivity contribution is 5.97. The molecule has 2 aromatic carbocycles. The second-order valence-corrected chi connectivity index (χ2v) is 6.30. The van der Waals surface area contributed by atoms with Crippen LogP contribution in [0.4, 0.5) is 4.39 Å². The summed E-state index contributed by atoms with van der Waals surface area (Å²) in [7, 11) is 1.86.